The Bertz CT molecular complexity index is 1090. The van der Waals surface area contributed by atoms with Crippen molar-refractivity contribution in [2.45, 2.75) is 269 Å². The first-order valence-electron chi connectivity index (χ1n) is 25.7. The van der Waals surface area contributed by atoms with Crippen LogP contribution >= 0.6 is 7.82 Å². The molecule has 0 fully saturated rings. The number of phosphoric acid groups is 1. The Morgan fingerprint density at radius 2 is 0.839 bits per heavy atom. The van der Waals surface area contributed by atoms with Crippen molar-refractivity contribution in [1.29, 1.82) is 0 Å². The van der Waals surface area contributed by atoms with Gasteiger partial charge in [-0.2, -0.15) is 0 Å². The van der Waals surface area contributed by atoms with Crippen molar-refractivity contribution in [3.8, 4) is 0 Å². The number of carboxylic acid groups (broad SMARTS) is 1. The molecule has 0 saturated carbocycles. The second-order valence-corrected chi connectivity index (χ2v) is 19.2. The van der Waals surface area contributed by atoms with Crippen LogP contribution in [0.3, 0.4) is 0 Å². The fourth-order valence-electron chi connectivity index (χ4n) is 7.64. The van der Waals surface area contributed by atoms with E-state index in [2.05, 4.69) is 18.0 Å². The van der Waals surface area contributed by atoms with Gasteiger partial charge in [0.05, 0.1) is 13.2 Å². The first-order valence-corrected chi connectivity index (χ1v) is 27.2. The molecule has 3 atom stereocenters. The summed E-state index contributed by atoms with van der Waals surface area (Å²) < 4.78 is 32.8. The first kappa shape index (κ1) is 60.2. The molecular weight excluding hydrogens is 806 g/mol. The summed E-state index contributed by atoms with van der Waals surface area (Å²) in [5.41, 5.74) is 5.35. The summed E-state index contributed by atoms with van der Waals surface area (Å²) in [4.78, 5) is 46.1. The summed E-state index contributed by atoms with van der Waals surface area (Å²) in [6.45, 7) is 4.38. The third-order valence-corrected chi connectivity index (χ3v) is 12.6. The van der Waals surface area contributed by atoms with E-state index in [1.807, 2.05) is 6.08 Å². The number of esters is 2. The fourth-order valence-corrected chi connectivity index (χ4v) is 8.42. The van der Waals surface area contributed by atoms with Crippen molar-refractivity contribution in [3.05, 3.63) is 12.7 Å². The highest BCUT2D eigenvalue weighted by Gasteiger charge is 2.28. The second kappa shape index (κ2) is 45.8. The first-order chi connectivity index (χ1) is 30.1. The Hall–Kier alpha value is -1.78. The number of hydrogen-bond donors (Lipinski definition) is 3. The van der Waals surface area contributed by atoms with E-state index in [4.69, 9.17) is 24.8 Å². The van der Waals surface area contributed by atoms with Crippen LogP contribution < -0.4 is 5.73 Å². The minimum Gasteiger partial charge on any atom is -0.480 e. The largest absolute Gasteiger partial charge is 0.480 e. The standard InChI is InChI=1S/C50H96NO10P/c1-3-5-7-9-11-13-15-17-19-20-21-22-23-24-25-26-28-30-32-34-36-38-40-42-49(53)61-46(44-59-62(56,57)60-45-47(51)50(54)55)43-58-48(52)41-39-37-35-33-31-29-27-18-16-14-12-10-8-6-4-2/h4,46-47H,2-3,5-45,51H2,1H3,(H,54,55)(H,56,57)/t46-,47-/m0/s1. The molecule has 0 spiro atoms. The van der Waals surface area contributed by atoms with Crippen molar-refractivity contribution in [3.63, 3.8) is 0 Å². The Kier molecular flexibility index (Phi) is 44.5. The van der Waals surface area contributed by atoms with Crippen LogP contribution in [0, 0.1) is 0 Å². The van der Waals surface area contributed by atoms with E-state index in [0.29, 0.717) is 12.8 Å². The molecule has 0 bridgehead atoms. The van der Waals surface area contributed by atoms with E-state index < -0.39 is 51.1 Å². The highest BCUT2D eigenvalue weighted by molar-refractivity contribution is 7.47. The average molecular weight is 902 g/mol. The van der Waals surface area contributed by atoms with Gasteiger partial charge in [0.25, 0.3) is 0 Å². The van der Waals surface area contributed by atoms with Gasteiger partial charge >= 0.3 is 25.7 Å². The molecular formula is C50H96NO10P. The minimum absolute atomic E-state index is 0.167. The molecule has 11 nitrogen and oxygen atoms in total. The maximum absolute atomic E-state index is 12.7. The van der Waals surface area contributed by atoms with Crippen LogP contribution in [0.5, 0.6) is 0 Å². The fraction of sp³-hybridized carbons (Fsp3) is 0.900. The molecule has 0 aliphatic heterocycles. The third-order valence-electron chi connectivity index (χ3n) is 11.7. The molecule has 62 heavy (non-hydrogen) atoms. The number of hydrogen-bond acceptors (Lipinski definition) is 9. The second-order valence-electron chi connectivity index (χ2n) is 17.8. The maximum Gasteiger partial charge on any atom is 0.472 e. The molecule has 0 rings (SSSR count). The van der Waals surface area contributed by atoms with Gasteiger partial charge in [-0.1, -0.05) is 225 Å². The molecule has 0 aromatic rings. The van der Waals surface area contributed by atoms with Gasteiger partial charge in [0.1, 0.15) is 12.6 Å². The van der Waals surface area contributed by atoms with Crippen molar-refractivity contribution >= 4 is 25.7 Å². The van der Waals surface area contributed by atoms with Crippen LogP contribution in [0.15, 0.2) is 12.7 Å². The van der Waals surface area contributed by atoms with Gasteiger partial charge in [0, 0.05) is 12.8 Å². The number of allylic oxidation sites excluding steroid dienone is 1. The molecule has 1 unspecified atom stereocenters. The number of unbranched alkanes of at least 4 members (excludes halogenated alkanes) is 35. The summed E-state index contributed by atoms with van der Waals surface area (Å²) >= 11 is 0. The van der Waals surface area contributed by atoms with Gasteiger partial charge in [-0.05, 0) is 25.7 Å². The van der Waals surface area contributed by atoms with Gasteiger partial charge in [0.2, 0.25) is 0 Å². The zero-order valence-electron chi connectivity index (χ0n) is 39.8. The predicted molar refractivity (Wildman–Crippen MR) is 254 cm³/mol. The summed E-state index contributed by atoms with van der Waals surface area (Å²) in [6, 6.07) is -1.52. The molecule has 0 heterocycles. The monoisotopic (exact) mass is 902 g/mol. The Morgan fingerprint density at radius 1 is 0.516 bits per heavy atom. The molecule has 0 aliphatic carbocycles. The topological polar surface area (TPSA) is 172 Å². The highest BCUT2D eigenvalue weighted by Crippen LogP contribution is 2.43. The number of carbonyl (C=O) groups excluding carboxylic acids is 2. The van der Waals surface area contributed by atoms with E-state index in [0.717, 1.165) is 44.9 Å². The van der Waals surface area contributed by atoms with Gasteiger partial charge in [-0.15, -0.1) is 6.58 Å². The van der Waals surface area contributed by atoms with E-state index in [1.54, 1.807) is 0 Å². The van der Waals surface area contributed by atoms with Crippen LogP contribution in [0.4, 0.5) is 0 Å². The summed E-state index contributed by atoms with van der Waals surface area (Å²) in [6.07, 6.45) is 47.4. The molecule has 0 aromatic heterocycles. The maximum atomic E-state index is 12.7. The molecule has 12 heteroatoms. The Morgan fingerprint density at radius 3 is 1.19 bits per heavy atom. The van der Waals surface area contributed by atoms with Crippen LogP contribution in [-0.4, -0.2) is 59.9 Å². The molecule has 0 aromatic carbocycles. The third kappa shape index (κ3) is 44.8. The van der Waals surface area contributed by atoms with E-state index >= 15 is 0 Å². The van der Waals surface area contributed by atoms with Crippen molar-refractivity contribution in [2.75, 3.05) is 19.8 Å². The van der Waals surface area contributed by atoms with E-state index in [9.17, 15) is 23.8 Å². The van der Waals surface area contributed by atoms with Gasteiger partial charge < -0.3 is 25.2 Å². The average Bonchev–Trinajstić information content (AvgIpc) is 3.25. The minimum atomic E-state index is -4.72. The number of nitrogens with two attached hydrogens (primary N) is 1. The SMILES string of the molecule is C=CCCCCCCCCCCCCCCCC(=O)OC[C@@H](COP(=O)(O)OC[C@H](N)C(=O)O)OC(=O)CCCCCCCCCCCCCCCCCCCCCCCCC. The van der Waals surface area contributed by atoms with Crippen molar-refractivity contribution < 1.29 is 47.5 Å². The number of ether oxygens (including phenoxy) is 2. The van der Waals surface area contributed by atoms with Crippen molar-refractivity contribution in [2.24, 2.45) is 5.73 Å². The molecule has 0 amide bonds. The molecule has 4 N–H and O–H groups in total. The molecule has 0 radical (unpaired) electrons. The lowest BCUT2D eigenvalue weighted by Crippen LogP contribution is -2.34. The molecule has 0 aliphatic rings. The number of carboxylic acids is 1. The van der Waals surface area contributed by atoms with Gasteiger partial charge in [-0.25, -0.2) is 4.57 Å². The smallest absolute Gasteiger partial charge is 0.472 e. The van der Waals surface area contributed by atoms with Crippen molar-refractivity contribution in [1.82, 2.24) is 0 Å². The number of rotatable bonds is 50. The van der Waals surface area contributed by atoms with Gasteiger partial charge in [0.15, 0.2) is 6.10 Å². The Balaban J connectivity index is 4.15. The lowest BCUT2D eigenvalue weighted by Gasteiger charge is -2.20. The quantitative estimate of drug-likeness (QED) is 0.0230. The van der Waals surface area contributed by atoms with Crippen LogP contribution in [0.1, 0.15) is 257 Å². The lowest BCUT2D eigenvalue weighted by molar-refractivity contribution is -0.161. The van der Waals surface area contributed by atoms with Crippen LogP contribution in [0.25, 0.3) is 0 Å². The highest BCUT2D eigenvalue weighted by atomic mass is 31.2. The van der Waals surface area contributed by atoms with E-state index in [-0.39, 0.29) is 19.4 Å². The van der Waals surface area contributed by atoms with Crippen LogP contribution in [0.2, 0.25) is 0 Å². The number of phosphoric ester groups is 1. The van der Waals surface area contributed by atoms with Crippen LogP contribution in [-0.2, 0) is 37.5 Å². The number of carbonyl (C=O) groups is 3. The molecule has 366 valence electrons. The lowest BCUT2D eigenvalue weighted by atomic mass is 10.0. The van der Waals surface area contributed by atoms with E-state index in [1.165, 1.54) is 180 Å². The summed E-state index contributed by atoms with van der Waals surface area (Å²) in [7, 11) is -4.72. The summed E-state index contributed by atoms with van der Waals surface area (Å²) in [5.74, 6) is -2.36. The normalized spacial score (nSPS) is 13.4. The summed E-state index contributed by atoms with van der Waals surface area (Å²) in [5, 5.41) is 8.92. The zero-order valence-corrected chi connectivity index (χ0v) is 40.7. The molecule has 0 saturated heterocycles. The zero-order chi connectivity index (χ0) is 45.6. The number of aliphatic carboxylic acids is 1. The Labute approximate surface area is 379 Å². The van der Waals surface area contributed by atoms with Gasteiger partial charge in [-0.3, -0.25) is 23.4 Å². The predicted octanol–water partition coefficient (Wildman–Crippen LogP) is 14.4.